The van der Waals surface area contributed by atoms with Gasteiger partial charge in [0, 0.05) is 9.86 Å². The summed E-state index contributed by atoms with van der Waals surface area (Å²) in [6, 6.07) is 21.4. The van der Waals surface area contributed by atoms with Crippen LogP contribution in [0.2, 0.25) is 0 Å². The number of halogens is 1. The van der Waals surface area contributed by atoms with Crippen LogP contribution in [0.15, 0.2) is 71.2 Å². The molecule has 1 aliphatic heterocycles. The molecule has 0 fully saturated rings. The average Bonchev–Trinajstić information content (AvgIpc) is 3.19. The molecule has 0 bridgehead atoms. The first kappa shape index (κ1) is 26.3. The Bertz CT molecular complexity index is 1620. The lowest BCUT2D eigenvalue weighted by molar-refractivity contribution is -0.121. The number of nitriles is 1. The van der Waals surface area contributed by atoms with Crippen LogP contribution in [0.3, 0.4) is 0 Å². The zero-order chi connectivity index (χ0) is 27.7. The van der Waals surface area contributed by atoms with Crippen LogP contribution in [0.5, 0.6) is 5.75 Å². The van der Waals surface area contributed by atoms with Crippen molar-refractivity contribution in [3.05, 3.63) is 82.5 Å². The molecule has 0 aliphatic carbocycles. The third-order valence-corrected chi connectivity index (χ3v) is 6.59. The lowest BCUT2D eigenvalue weighted by atomic mass is 10.1. The van der Waals surface area contributed by atoms with Crippen molar-refractivity contribution in [2.24, 2.45) is 0 Å². The van der Waals surface area contributed by atoms with Gasteiger partial charge in [0.05, 0.1) is 34.7 Å². The van der Waals surface area contributed by atoms with Crippen LogP contribution in [0, 0.1) is 11.3 Å². The van der Waals surface area contributed by atoms with Gasteiger partial charge in [-0.15, -0.1) is 0 Å². The number of fused-ring (bicyclic) bond motifs is 2. The van der Waals surface area contributed by atoms with Crippen LogP contribution in [0.1, 0.15) is 32.0 Å². The van der Waals surface area contributed by atoms with Gasteiger partial charge in [0.2, 0.25) is 0 Å². The zero-order valence-corrected chi connectivity index (χ0v) is 23.2. The van der Waals surface area contributed by atoms with Crippen LogP contribution in [-0.4, -0.2) is 40.0 Å². The molecule has 2 heterocycles. The largest absolute Gasteiger partial charge is 0.489 e. The topological polar surface area (TPSA) is 109 Å². The predicted octanol–water partition coefficient (Wildman–Crippen LogP) is 5.48. The number of rotatable bonds is 4. The molecule has 0 radical (unpaired) electrons. The van der Waals surface area contributed by atoms with E-state index >= 15 is 0 Å². The highest BCUT2D eigenvalue weighted by atomic mass is 79.9. The Kier molecular flexibility index (Phi) is 7.02. The number of benzene rings is 3. The van der Waals surface area contributed by atoms with Crippen molar-refractivity contribution in [3.63, 3.8) is 0 Å². The first-order valence-corrected chi connectivity index (χ1v) is 13.1. The molecule has 2 amide bonds. The van der Waals surface area contributed by atoms with E-state index in [-0.39, 0.29) is 19.1 Å². The summed E-state index contributed by atoms with van der Waals surface area (Å²) in [6.07, 6.45) is -0.706. The molecule has 5 rings (SSSR count). The molecule has 3 aromatic carbocycles. The number of hydrogen-bond acceptors (Lipinski definition) is 6. The summed E-state index contributed by atoms with van der Waals surface area (Å²) < 4.78 is 13.9. The third-order valence-electron chi connectivity index (χ3n) is 6.10. The second-order valence-corrected chi connectivity index (χ2v) is 11.0. The number of carbonyl (C=O) groups excluding carboxylic acids is 2. The first-order chi connectivity index (χ1) is 18.6. The van der Waals surface area contributed by atoms with Gasteiger partial charge in [-0.3, -0.25) is 4.79 Å². The molecule has 10 heteroatoms. The van der Waals surface area contributed by atoms with Gasteiger partial charge in [-0.25, -0.2) is 9.48 Å². The van der Waals surface area contributed by atoms with Crippen molar-refractivity contribution < 1.29 is 19.1 Å². The normalized spacial score (nSPS) is 15.2. The Labute approximate surface area is 234 Å². The molecule has 1 atom stereocenters. The number of aromatic nitrogens is 2. The van der Waals surface area contributed by atoms with E-state index in [9.17, 15) is 14.9 Å². The molecule has 0 spiro atoms. The minimum Gasteiger partial charge on any atom is -0.489 e. The van der Waals surface area contributed by atoms with E-state index in [2.05, 4.69) is 27.3 Å². The highest BCUT2D eigenvalue weighted by Crippen LogP contribution is 2.34. The van der Waals surface area contributed by atoms with Gasteiger partial charge in [-0.05, 0) is 63.2 Å². The van der Waals surface area contributed by atoms with Gasteiger partial charge in [0.15, 0.2) is 0 Å². The summed E-state index contributed by atoms with van der Waals surface area (Å²) in [5.74, 6) is 0.156. The molecule has 39 heavy (non-hydrogen) atoms. The standard InChI is InChI=1S/C29H26BrN5O4/c1-29(2,3)39-28(37)32-22-17-38-26-11-7-6-10-24(26)34(27(22)36)16-21-20-13-12-19(30)14-25(20)35(33-21)23-9-5-4-8-18(23)15-31/h4-14,22H,16-17H2,1-3H3,(H,32,37)/t22-/m0/s1. The van der Waals surface area contributed by atoms with Gasteiger partial charge >= 0.3 is 6.09 Å². The fourth-order valence-corrected chi connectivity index (χ4v) is 4.77. The monoisotopic (exact) mass is 587 g/mol. The number of amides is 2. The lowest BCUT2D eigenvalue weighted by Crippen LogP contribution is -2.51. The second-order valence-electron chi connectivity index (χ2n) is 10.1. The maximum absolute atomic E-state index is 13.9. The summed E-state index contributed by atoms with van der Waals surface area (Å²) in [7, 11) is 0. The molecule has 0 saturated carbocycles. The molecular weight excluding hydrogens is 562 g/mol. The highest BCUT2D eigenvalue weighted by molar-refractivity contribution is 9.10. The Morgan fingerprint density at radius 3 is 2.62 bits per heavy atom. The summed E-state index contributed by atoms with van der Waals surface area (Å²) in [6.45, 7) is 5.31. The Morgan fingerprint density at radius 2 is 1.87 bits per heavy atom. The number of carbonyl (C=O) groups is 2. The van der Waals surface area contributed by atoms with E-state index in [1.807, 2.05) is 42.5 Å². The van der Waals surface area contributed by atoms with Crippen molar-refractivity contribution >= 4 is 44.5 Å². The van der Waals surface area contributed by atoms with E-state index in [1.165, 1.54) is 0 Å². The molecule has 0 unspecified atom stereocenters. The number of para-hydroxylation sites is 3. The fourth-order valence-electron chi connectivity index (χ4n) is 4.43. The van der Waals surface area contributed by atoms with Gasteiger partial charge in [0.1, 0.15) is 30.1 Å². The van der Waals surface area contributed by atoms with Crippen molar-refractivity contribution in [2.45, 2.75) is 39.0 Å². The van der Waals surface area contributed by atoms with Crippen LogP contribution in [0.4, 0.5) is 10.5 Å². The minimum atomic E-state index is -0.978. The molecule has 1 N–H and O–H groups in total. The first-order valence-electron chi connectivity index (χ1n) is 12.3. The SMILES string of the molecule is CC(C)(C)OC(=O)N[C@H]1COc2ccccc2N(Cc2nn(-c3ccccc3C#N)c3cc(Br)ccc23)C1=O. The quantitative estimate of drug-likeness (QED) is 0.338. The van der Waals surface area contributed by atoms with Crippen LogP contribution >= 0.6 is 15.9 Å². The average molecular weight is 588 g/mol. The van der Waals surface area contributed by atoms with Gasteiger partial charge in [-0.2, -0.15) is 10.4 Å². The summed E-state index contributed by atoms with van der Waals surface area (Å²) >= 11 is 3.54. The van der Waals surface area contributed by atoms with E-state index in [0.717, 1.165) is 15.4 Å². The minimum absolute atomic E-state index is 0.0523. The Balaban J connectivity index is 1.57. The summed E-state index contributed by atoms with van der Waals surface area (Å²) in [4.78, 5) is 28.0. The number of ether oxygens (including phenoxy) is 2. The van der Waals surface area contributed by atoms with Crippen LogP contribution in [-0.2, 0) is 16.1 Å². The van der Waals surface area contributed by atoms with E-state index in [0.29, 0.717) is 28.4 Å². The maximum Gasteiger partial charge on any atom is 0.408 e. The van der Waals surface area contributed by atoms with Crippen molar-refractivity contribution in [3.8, 4) is 17.5 Å². The van der Waals surface area contributed by atoms with E-state index in [4.69, 9.17) is 14.6 Å². The predicted molar refractivity (Wildman–Crippen MR) is 150 cm³/mol. The zero-order valence-electron chi connectivity index (χ0n) is 21.6. The Morgan fingerprint density at radius 1 is 1.15 bits per heavy atom. The lowest BCUT2D eigenvalue weighted by Gasteiger charge is -2.25. The van der Waals surface area contributed by atoms with Crippen molar-refractivity contribution in [1.29, 1.82) is 5.26 Å². The molecule has 0 saturated heterocycles. The number of hydrogen-bond donors (Lipinski definition) is 1. The van der Waals surface area contributed by atoms with E-state index < -0.39 is 17.7 Å². The second kappa shape index (κ2) is 10.4. The smallest absolute Gasteiger partial charge is 0.408 e. The number of alkyl carbamates (subject to hydrolysis) is 1. The molecule has 1 aliphatic rings. The summed E-state index contributed by atoms with van der Waals surface area (Å²) in [5.41, 5.74) is 2.34. The molecule has 4 aromatic rings. The number of nitrogens with zero attached hydrogens (tertiary/aromatic N) is 4. The van der Waals surface area contributed by atoms with Crippen molar-refractivity contribution in [1.82, 2.24) is 15.1 Å². The van der Waals surface area contributed by atoms with Gasteiger partial charge in [0.25, 0.3) is 5.91 Å². The highest BCUT2D eigenvalue weighted by Gasteiger charge is 2.34. The van der Waals surface area contributed by atoms with Crippen molar-refractivity contribution in [2.75, 3.05) is 11.5 Å². The van der Waals surface area contributed by atoms with Crippen LogP contribution in [0.25, 0.3) is 16.6 Å². The van der Waals surface area contributed by atoms with E-state index in [1.54, 1.807) is 54.6 Å². The summed E-state index contributed by atoms with van der Waals surface area (Å²) in [5, 5.41) is 18.1. The molecule has 9 nitrogen and oxygen atoms in total. The van der Waals surface area contributed by atoms with Crippen LogP contribution < -0.4 is 15.0 Å². The molecule has 198 valence electrons. The Hall–Kier alpha value is -4.36. The maximum atomic E-state index is 13.9. The molecular formula is C29H26BrN5O4. The van der Waals surface area contributed by atoms with Gasteiger partial charge < -0.3 is 19.7 Å². The third kappa shape index (κ3) is 5.45. The number of anilines is 1. The fraction of sp³-hybridized carbons (Fsp3) is 0.241. The number of nitrogens with one attached hydrogen (secondary N) is 1. The van der Waals surface area contributed by atoms with Gasteiger partial charge in [-0.1, -0.05) is 40.2 Å². The molecule has 1 aromatic heterocycles.